The second-order valence-electron chi connectivity index (χ2n) is 24.1. The number of quaternary nitrogens is 3. The zero-order valence-electron chi connectivity index (χ0n) is 48.2. The lowest BCUT2D eigenvalue weighted by molar-refractivity contribution is -0.001000. The van der Waals surface area contributed by atoms with Crippen molar-refractivity contribution >= 4 is 17.1 Å². The van der Waals surface area contributed by atoms with Gasteiger partial charge in [0.25, 0.3) is 0 Å². The Morgan fingerprint density at radius 1 is 0.261 bits per heavy atom. The van der Waals surface area contributed by atoms with Crippen LogP contribution in [-0.2, 0) is 0 Å². The van der Waals surface area contributed by atoms with E-state index in [2.05, 4.69) is 195 Å². The third kappa shape index (κ3) is 31.4. The maximum atomic E-state index is 2.36. The molecular formula is C63H114Br3N3. The Bertz CT molecular complexity index is 1350. The molecule has 3 rings (SSSR count). The number of hydrogen-bond donors (Lipinski definition) is 0. The molecule has 0 spiro atoms. The summed E-state index contributed by atoms with van der Waals surface area (Å²) in [7, 11) is 0. The quantitative estimate of drug-likeness (QED) is 0.0584. The van der Waals surface area contributed by atoms with Gasteiger partial charge in [-0.1, -0.05) is 197 Å². The van der Waals surface area contributed by atoms with Crippen molar-refractivity contribution in [3.05, 3.63) is 91.0 Å². The van der Waals surface area contributed by atoms with E-state index in [0.717, 1.165) is 0 Å². The van der Waals surface area contributed by atoms with Crippen molar-refractivity contribution in [2.45, 2.75) is 219 Å². The molecule has 3 aromatic rings. The molecule has 69 heavy (non-hydrogen) atoms. The molecule has 6 heteroatoms. The number of nitrogens with zero attached hydrogens (tertiary/aromatic N) is 3. The molecule has 0 radical (unpaired) electrons. The highest BCUT2D eigenvalue weighted by Crippen LogP contribution is 2.32. The summed E-state index contributed by atoms with van der Waals surface area (Å²) in [4.78, 5) is 0. The van der Waals surface area contributed by atoms with Crippen molar-refractivity contribution in [3.63, 3.8) is 0 Å². The van der Waals surface area contributed by atoms with Crippen molar-refractivity contribution in [1.29, 1.82) is 0 Å². The minimum atomic E-state index is 0. The van der Waals surface area contributed by atoms with Crippen LogP contribution in [0, 0.1) is 16.2 Å². The predicted molar refractivity (Wildman–Crippen MR) is 304 cm³/mol. The van der Waals surface area contributed by atoms with Crippen molar-refractivity contribution in [2.24, 2.45) is 16.2 Å². The van der Waals surface area contributed by atoms with Gasteiger partial charge in [-0.2, -0.15) is 0 Å². The van der Waals surface area contributed by atoms with E-state index < -0.39 is 0 Å². The Morgan fingerprint density at radius 2 is 0.420 bits per heavy atom. The zero-order valence-corrected chi connectivity index (χ0v) is 53.0. The summed E-state index contributed by atoms with van der Waals surface area (Å²) in [6, 6.07) is 33.8. The Kier molecular flexibility index (Phi) is 41.3. The van der Waals surface area contributed by atoms with Gasteiger partial charge in [0, 0.05) is 0 Å². The molecule has 0 aliphatic carbocycles. The van der Waals surface area contributed by atoms with Crippen LogP contribution in [0.15, 0.2) is 91.0 Å². The van der Waals surface area contributed by atoms with Gasteiger partial charge in [-0.3, -0.25) is 13.4 Å². The first-order valence-electron chi connectivity index (χ1n) is 28.1. The number of halogens is 3. The van der Waals surface area contributed by atoms with Crippen LogP contribution < -0.4 is 64.4 Å². The van der Waals surface area contributed by atoms with Crippen molar-refractivity contribution in [1.82, 2.24) is 13.4 Å². The largest absolute Gasteiger partial charge is 1.00 e. The highest BCUT2D eigenvalue weighted by Gasteiger charge is 2.32. The van der Waals surface area contributed by atoms with Gasteiger partial charge in [-0.25, -0.2) is 0 Å². The van der Waals surface area contributed by atoms with Crippen molar-refractivity contribution in [2.75, 3.05) is 58.9 Å². The zero-order chi connectivity index (χ0) is 49.4. The van der Waals surface area contributed by atoms with Crippen LogP contribution in [-0.4, -0.2) is 58.9 Å². The fraction of sp³-hybridized carbons (Fsp3) is 0.714. The fourth-order valence-corrected chi connectivity index (χ4v) is 9.90. The number of unbranched alkanes of at least 4 members (excludes halogenated alkanes) is 6. The average Bonchev–Trinajstić information content (AvgIpc) is 3.29. The first kappa shape index (κ1) is 72.2. The van der Waals surface area contributed by atoms with Crippen LogP contribution in [0.25, 0.3) is 0 Å². The molecule has 0 N–H and O–H groups in total. The van der Waals surface area contributed by atoms with Gasteiger partial charge in [-0.15, -0.1) is 0 Å². The molecular weight excluding hydrogens is 1040 g/mol. The predicted octanol–water partition coefficient (Wildman–Crippen LogP) is 10.3. The highest BCUT2D eigenvalue weighted by molar-refractivity contribution is 5.44. The fourth-order valence-electron chi connectivity index (χ4n) is 9.90. The third-order valence-corrected chi connectivity index (χ3v) is 14.1. The minimum absolute atomic E-state index is 0. The number of hydrogen-bond acceptors (Lipinski definition) is 0. The van der Waals surface area contributed by atoms with Crippen molar-refractivity contribution in [3.8, 4) is 0 Å². The van der Waals surface area contributed by atoms with Crippen LogP contribution in [0.5, 0.6) is 0 Å². The van der Waals surface area contributed by atoms with Crippen LogP contribution in [0.2, 0.25) is 0 Å². The summed E-state index contributed by atoms with van der Waals surface area (Å²) >= 11 is 0. The maximum absolute atomic E-state index is 2.36. The molecule has 0 amide bonds. The van der Waals surface area contributed by atoms with Gasteiger partial charge in [0.1, 0.15) is 17.1 Å². The maximum Gasteiger partial charge on any atom is 0.132 e. The third-order valence-electron chi connectivity index (χ3n) is 14.1. The number of benzene rings is 3. The molecule has 0 saturated heterocycles. The van der Waals surface area contributed by atoms with E-state index in [1.165, 1.54) is 205 Å². The molecule has 0 aliphatic rings. The molecule has 402 valence electrons. The van der Waals surface area contributed by atoms with Gasteiger partial charge in [0.05, 0.1) is 58.9 Å². The molecule has 0 fully saturated rings. The normalized spacial score (nSPS) is 12.0. The van der Waals surface area contributed by atoms with E-state index in [0.29, 0.717) is 16.2 Å². The first-order chi connectivity index (χ1) is 31.3. The lowest BCUT2D eigenvalue weighted by atomic mass is 9.90. The molecule has 0 bridgehead atoms. The topological polar surface area (TPSA) is 0 Å². The molecule has 0 unspecified atom stereocenters. The summed E-state index contributed by atoms with van der Waals surface area (Å²) in [6.45, 7) is 46.8. The summed E-state index contributed by atoms with van der Waals surface area (Å²) < 4.78 is 3.58. The summed E-state index contributed by atoms with van der Waals surface area (Å²) in [5.74, 6) is 0. The molecule has 0 heterocycles. The van der Waals surface area contributed by atoms with Crippen LogP contribution in [0.4, 0.5) is 17.1 Å². The number of rotatable bonds is 30. The van der Waals surface area contributed by atoms with E-state index in [9.17, 15) is 0 Å². The molecule has 0 aliphatic heterocycles. The first-order valence-corrected chi connectivity index (χ1v) is 28.1. The van der Waals surface area contributed by atoms with E-state index in [1.807, 2.05) is 0 Å². The van der Waals surface area contributed by atoms with Crippen LogP contribution >= 0.6 is 0 Å². The molecule has 0 atom stereocenters. The summed E-state index contributed by atoms with van der Waals surface area (Å²) in [5, 5.41) is 0. The van der Waals surface area contributed by atoms with Gasteiger partial charge < -0.3 is 50.9 Å². The molecule has 3 aromatic carbocycles. The van der Waals surface area contributed by atoms with E-state index in [-0.39, 0.29) is 50.9 Å². The van der Waals surface area contributed by atoms with Gasteiger partial charge in [0.2, 0.25) is 0 Å². The lowest BCUT2D eigenvalue weighted by Gasteiger charge is -2.39. The monoisotopic (exact) mass is 1150 g/mol. The second-order valence-corrected chi connectivity index (χ2v) is 24.1. The Balaban J connectivity index is -0.000000927. The van der Waals surface area contributed by atoms with Crippen LogP contribution in [0.3, 0.4) is 0 Å². The number of para-hydroxylation sites is 3. The Labute approximate surface area is 463 Å². The minimum Gasteiger partial charge on any atom is -1.00 e. The SMILES string of the molecule is CCCC[N+](CCCC)(CCCC(C)(C)C)c1ccccc1.CCCC[N+](CCCC)(CCCC(C)(C)C)c1ccccc1.CCCC[N+](CCCC)(CCCC(C)(C)C)c1ccccc1.[Br-].[Br-].[Br-]. The Hall–Kier alpha value is -1.02. The van der Waals surface area contributed by atoms with E-state index >= 15 is 0 Å². The van der Waals surface area contributed by atoms with Crippen LogP contribution in [0.1, 0.15) is 219 Å². The Morgan fingerprint density at radius 3 is 0.565 bits per heavy atom. The molecule has 0 saturated carbocycles. The summed E-state index contributed by atoms with van der Waals surface area (Å²) in [5.41, 5.74) is 5.92. The van der Waals surface area contributed by atoms with Gasteiger partial charge >= 0.3 is 0 Å². The van der Waals surface area contributed by atoms with Gasteiger partial charge in [0.15, 0.2) is 0 Å². The molecule has 3 nitrogen and oxygen atoms in total. The van der Waals surface area contributed by atoms with E-state index in [4.69, 9.17) is 0 Å². The average molecular weight is 1150 g/mol. The molecule has 0 aromatic heterocycles. The van der Waals surface area contributed by atoms with Crippen molar-refractivity contribution < 1.29 is 50.9 Å². The van der Waals surface area contributed by atoms with Gasteiger partial charge in [-0.05, 0) is 130 Å². The summed E-state index contributed by atoms with van der Waals surface area (Å²) in [6.07, 6.45) is 23.6. The second kappa shape index (κ2) is 39.4. The standard InChI is InChI=1S/3C21H38N.3BrH/c3*1-6-8-17-22(18-9-7-2,19-13-16-21(3,4)5)20-14-11-10-12-15-20;;;/h3*10-12,14-15H,6-9,13,16-19H2,1-5H3;3*1H/q3*+1;;;/p-3. The van der Waals surface area contributed by atoms with E-state index in [1.54, 1.807) is 0 Å². The highest BCUT2D eigenvalue weighted by atomic mass is 79.9. The lowest BCUT2D eigenvalue weighted by Crippen LogP contribution is -3.00. The smallest absolute Gasteiger partial charge is 0.132 e.